The Morgan fingerprint density at radius 1 is 1.32 bits per heavy atom. The highest BCUT2D eigenvalue weighted by molar-refractivity contribution is 6.04. The van der Waals surface area contributed by atoms with Crippen LogP contribution in [0.2, 0.25) is 0 Å². The second kappa shape index (κ2) is 6.22. The third kappa shape index (κ3) is 2.82. The molecule has 7 heteroatoms. The van der Waals surface area contributed by atoms with Gasteiger partial charge in [-0.1, -0.05) is 0 Å². The lowest BCUT2D eigenvalue weighted by molar-refractivity contribution is -0.121. The minimum absolute atomic E-state index is 0.0596. The van der Waals surface area contributed by atoms with Crippen LogP contribution in [0.25, 0.3) is 0 Å². The van der Waals surface area contributed by atoms with Crippen molar-refractivity contribution in [1.29, 1.82) is 0 Å². The molecule has 3 saturated heterocycles. The molecule has 0 aromatic heterocycles. The van der Waals surface area contributed by atoms with Crippen LogP contribution in [0.3, 0.4) is 0 Å². The third-order valence-electron chi connectivity index (χ3n) is 5.57. The van der Waals surface area contributed by atoms with Crippen LogP contribution in [-0.4, -0.2) is 63.2 Å². The van der Waals surface area contributed by atoms with E-state index in [0.717, 1.165) is 32.5 Å². The van der Waals surface area contributed by atoms with Gasteiger partial charge in [-0.05, 0) is 37.9 Å². The predicted octanol–water partition coefficient (Wildman–Crippen LogP) is 0.874. The second-order valence-electron chi connectivity index (χ2n) is 6.98. The highest BCUT2D eigenvalue weighted by Gasteiger charge is 2.36. The number of likely N-dealkylation sites (N-methyl/N-ethyl adjacent to an activating group) is 1. The Kier molecular flexibility index (Phi) is 4.03. The lowest BCUT2D eigenvalue weighted by atomic mass is 9.84. The summed E-state index contributed by atoms with van der Waals surface area (Å²) in [5.74, 6) is 1.20. The van der Waals surface area contributed by atoms with Crippen molar-refractivity contribution in [3.8, 4) is 11.5 Å². The van der Waals surface area contributed by atoms with Crippen LogP contribution < -0.4 is 19.7 Å². The van der Waals surface area contributed by atoms with E-state index >= 15 is 0 Å². The largest absolute Gasteiger partial charge is 0.497 e. The van der Waals surface area contributed by atoms with Gasteiger partial charge in [-0.2, -0.15) is 0 Å². The molecular weight excluding hydrogens is 322 g/mol. The van der Waals surface area contributed by atoms with Gasteiger partial charge in [0.05, 0.1) is 18.4 Å². The highest BCUT2D eigenvalue weighted by atomic mass is 16.5. The van der Waals surface area contributed by atoms with Crippen molar-refractivity contribution in [2.75, 3.05) is 45.3 Å². The van der Waals surface area contributed by atoms with Crippen LogP contribution in [0.5, 0.6) is 11.5 Å². The minimum Gasteiger partial charge on any atom is -0.497 e. The fraction of sp³-hybridized carbons (Fsp3) is 0.556. The number of anilines is 1. The quantitative estimate of drug-likeness (QED) is 0.880. The molecule has 0 saturated carbocycles. The predicted molar refractivity (Wildman–Crippen MR) is 92.3 cm³/mol. The summed E-state index contributed by atoms with van der Waals surface area (Å²) in [7, 11) is 3.22. The van der Waals surface area contributed by atoms with Crippen molar-refractivity contribution in [1.82, 2.24) is 10.2 Å². The van der Waals surface area contributed by atoms with Crippen molar-refractivity contribution in [3.63, 3.8) is 0 Å². The van der Waals surface area contributed by atoms with Gasteiger partial charge in [0.2, 0.25) is 0 Å². The molecule has 1 aromatic carbocycles. The smallest absolute Gasteiger partial charge is 0.264 e. The maximum atomic E-state index is 12.9. The van der Waals surface area contributed by atoms with E-state index < -0.39 is 0 Å². The number of carbonyl (C=O) groups is 2. The van der Waals surface area contributed by atoms with E-state index in [1.807, 2.05) is 0 Å². The number of rotatable bonds is 3. The van der Waals surface area contributed by atoms with Gasteiger partial charge in [0, 0.05) is 25.7 Å². The monoisotopic (exact) mass is 345 g/mol. The van der Waals surface area contributed by atoms with Gasteiger partial charge < -0.3 is 24.6 Å². The number of hydrogen-bond donors (Lipinski definition) is 1. The third-order valence-corrected chi connectivity index (χ3v) is 5.57. The number of nitrogens with one attached hydrogen (secondary N) is 1. The molecule has 4 aliphatic heterocycles. The minimum atomic E-state index is -0.170. The van der Waals surface area contributed by atoms with Gasteiger partial charge in [0.1, 0.15) is 5.75 Å². The van der Waals surface area contributed by atoms with E-state index in [0.29, 0.717) is 28.7 Å². The maximum Gasteiger partial charge on any atom is 0.264 e. The van der Waals surface area contributed by atoms with Crippen molar-refractivity contribution in [3.05, 3.63) is 17.7 Å². The molecule has 4 aliphatic rings. The van der Waals surface area contributed by atoms with Gasteiger partial charge in [-0.3, -0.25) is 9.59 Å². The van der Waals surface area contributed by atoms with Gasteiger partial charge in [0.25, 0.3) is 11.8 Å². The van der Waals surface area contributed by atoms with Gasteiger partial charge in [-0.15, -0.1) is 0 Å². The Hall–Kier alpha value is -2.28. The first-order valence-corrected chi connectivity index (χ1v) is 8.71. The number of amides is 2. The summed E-state index contributed by atoms with van der Waals surface area (Å²) < 4.78 is 10.9. The fourth-order valence-electron chi connectivity index (χ4n) is 4.01. The van der Waals surface area contributed by atoms with Crippen LogP contribution in [0.1, 0.15) is 23.2 Å². The van der Waals surface area contributed by atoms with Crippen molar-refractivity contribution in [2.24, 2.45) is 5.92 Å². The Morgan fingerprint density at radius 2 is 2.08 bits per heavy atom. The Balaban J connectivity index is 1.63. The number of methoxy groups -OCH3 is 1. The van der Waals surface area contributed by atoms with Gasteiger partial charge in [0.15, 0.2) is 12.4 Å². The van der Waals surface area contributed by atoms with Crippen LogP contribution in [0.4, 0.5) is 5.69 Å². The SMILES string of the molecule is COc1cc(C(=O)NC2CN3CCC2CC3)c2c(c1)N(C)C(=O)CO2. The molecule has 2 amide bonds. The molecule has 7 nitrogen and oxygen atoms in total. The molecule has 1 atom stereocenters. The Labute approximate surface area is 146 Å². The van der Waals surface area contributed by atoms with Crippen molar-refractivity contribution >= 4 is 17.5 Å². The molecule has 1 N–H and O–H groups in total. The lowest BCUT2D eigenvalue weighted by Gasteiger charge is -2.45. The molecule has 3 fully saturated rings. The number of carbonyl (C=O) groups excluding carboxylic acids is 2. The molecule has 25 heavy (non-hydrogen) atoms. The molecule has 2 bridgehead atoms. The molecule has 1 aromatic rings. The summed E-state index contributed by atoms with van der Waals surface area (Å²) in [6.07, 6.45) is 2.27. The first-order valence-electron chi connectivity index (χ1n) is 8.71. The van der Waals surface area contributed by atoms with Crippen LogP contribution in [-0.2, 0) is 4.79 Å². The fourth-order valence-corrected chi connectivity index (χ4v) is 4.01. The summed E-state index contributed by atoms with van der Waals surface area (Å²) >= 11 is 0. The topological polar surface area (TPSA) is 71.1 Å². The first-order chi connectivity index (χ1) is 12.1. The first kappa shape index (κ1) is 16.2. The molecule has 134 valence electrons. The molecule has 0 radical (unpaired) electrons. The molecular formula is C18H23N3O4. The standard InChI is InChI=1S/C18H23N3O4/c1-20-15-8-12(24-2)7-13(17(15)25-10-16(20)22)18(23)19-14-9-21-5-3-11(14)4-6-21/h7-8,11,14H,3-6,9-10H2,1-2H3,(H,19,23). The maximum absolute atomic E-state index is 12.9. The molecule has 0 aliphatic carbocycles. The van der Waals surface area contributed by atoms with Gasteiger partial charge >= 0.3 is 0 Å². The zero-order chi connectivity index (χ0) is 17.6. The number of nitrogens with zero attached hydrogens (tertiary/aromatic N) is 2. The van der Waals surface area contributed by atoms with Gasteiger partial charge in [-0.25, -0.2) is 0 Å². The van der Waals surface area contributed by atoms with E-state index in [4.69, 9.17) is 9.47 Å². The van der Waals surface area contributed by atoms with Crippen molar-refractivity contribution in [2.45, 2.75) is 18.9 Å². The molecule has 5 rings (SSSR count). The van der Waals surface area contributed by atoms with E-state index in [1.54, 1.807) is 26.3 Å². The molecule has 1 unspecified atom stereocenters. The zero-order valence-corrected chi connectivity index (χ0v) is 14.6. The van der Waals surface area contributed by atoms with Crippen LogP contribution in [0.15, 0.2) is 12.1 Å². The van der Waals surface area contributed by atoms with E-state index in [1.165, 1.54) is 4.90 Å². The number of fused-ring (bicyclic) bond motifs is 4. The Morgan fingerprint density at radius 3 is 2.72 bits per heavy atom. The average molecular weight is 345 g/mol. The van der Waals surface area contributed by atoms with Crippen LogP contribution in [0, 0.1) is 5.92 Å². The normalized spacial score (nSPS) is 27.5. The average Bonchev–Trinajstić information content (AvgIpc) is 2.65. The lowest BCUT2D eigenvalue weighted by Crippen LogP contribution is -2.57. The summed E-state index contributed by atoms with van der Waals surface area (Å²) in [6.45, 7) is 3.10. The highest BCUT2D eigenvalue weighted by Crippen LogP contribution is 2.38. The van der Waals surface area contributed by atoms with E-state index in [-0.39, 0.29) is 24.5 Å². The van der Waals surface area contributed by atoms with E-state index in [2.05, 4.69) is 10.2 Å². The second-order valence-corrected chi connectivity index (χ2v) is 6.98. The summed E-state index contributed by atoms with van der Waals surface area (Å²) in [5.41, 5.74) is 0.986. The number of benzene rings is 1. The Bertz CT molecular complexity index is 713. The zero-order valence-electron chi connectivity index (χ0n) is 14.6. The molecule has 0 spiro atoms. The number of piperidine rings is 3. The van der Waals surface area contributed by atoms with E-state index in [9.17, 15) is 9.59 Å². The summed E-state index contributed by atoms with van der Waals surface area (Å²) in [5, 5.41) is 3.17. The molecule has 4 heterocycles. The van der Waals surface area contributed by atoms with Crippen LogP contribution >= 0.6 is 0 Å². The number of hydrogen-bond acceptors (Lipinski definition) is 5. The summed E-state index contributed by atoms with van der Waals surface area (Å²) in [6, 6.07) is 3.57. The summed E-state index contributed by atoms with van der Waals surface area (Å²) in [4.78, 5) is 28.7. The number of ether oxygens (including phenoxy) is 2. The van der Waals surface area contributed by atoms with Crippen molar-refractivity contribution < 1.29 is 19.1 Å².